The first-order valence-corrected chi connectivity index (χ1v) is 7.40. The van der Waals surface area contributed by atoms with Gasteiger partial charge < -0.3 is 19.6 Å². The Labute approximate surface area is 152 Å². The number of halogens is 2. The highest BCUT2D eigenvalue weighted by atomic mass is 35.5. The van der Waals surface area contributed by atoms with Crippen molar-refractivity contribution in [2.24, 2.45) is 0 Å². The van der Waals surface area contributed by atoms with Crippen molar-refractivity contribution < 1.29 is 8.76 Å². The van der Waals surface area contributed by atoms with Gasteiger partial charge in [0.2, 0.25) is 5.56 Å². The summed E-state index contributed by atoms with van der Waals surface area (Å²) in [5.74, 6) is 0. The molecule has 24 heavy (non-hydrogen) atoms. The van der Waals surface area contributed by atoms with E-state index >= 15 is 0 Å². The Morgan fingerprint density at radius 1 is 1.00 bits per heavy atom. The number of rotatable bonds is 4. The summed E-state index contributed by atoms with van der Waals surface area (Å²) in [6, 6.07) is 11.7. The molecule has 2 heterocycles. The van der Waals surface area contributed by atoms with E-state index in [9.17, 15) is 13.6 Å². The number of nitrogens with one attached hydrogen (secondary N) is 3. The molecule has 0 fully saturated rings. The number of pyridine rings is 2. The van der Waals surface area contributed by atoms with Gasteiger partial charge in [-0.15, -0.1) is 24.8 Å². The van der Waals surface area contributed by atoms with Gasteiger partial charge in [-0.2, -0.15) is 0 Å². The lowest BCUT2D eigenvalue weighted by Crippen LogP contribution is -2.04. The quantitative estimate of drug-likeness (QED) is 0.596. The van der Waals surface area contributed by atoms with Crippen LogP contribution in [0.15, 0.2) is 53.5 Å². The van der Waals surface area contributed by atoms with E-state index < -0.39 is 11.3 Å². The molecule has 0 aliphatic heterocycles. The number of benzene rings is 1. The van der Waals surface area contributed by atoms with Crippen molar-refractivity contribution in [1.82, 2.24) is 9.97 Å². The van der Waals surface area contributed by atoms with Gasteiger partial charge in [0.1, 0.15) is 5.65 Å². The Balaban J connectivity index is 0.00000144. The van der Waals surface area contributed by atoms with Crippen molar-refractivity contribution in [3.8, 4) is 0 Å². The smallest absolute Gasteiger partial charge is 0.249 e. The fourth-order valence-electron chi connectivity index (χ4n) is 2.04. The van der Waals surface area contributed by atoms with Crippen LogP contribution in [0, 0.1) is 0 Å². The van der Waals surface area contributed by atoms with Crippen molar-refractivity contribution in [3.63, 3.8) is 0 Å². The zero-order valence-electron chi connectivity index (χ0n) is 12.0. The number of nitrogens with zero attached hydrogens (tertiary/aromatic N) is 1. The highest BCUT2D eigenvalue weighted by Gasteiger charge is 2.03. The second kappa shape index (κ2) is 8.65. The summed E-state index contributed by atoms with van der Waals surface area (Å²) in [6.07, 6.45) is 1.59. The summed E-state index contributed by atoms with van der Waals surface area (Å²) in [4.78, 5) is 18.1. The van der Waals surface area contributed by atoms with Crippen LogP contribution in [0.2, 0.25) is 0 Å². The molecule has 2 aromatic heterocycles. The molecule has 0 saturated carbocycles. The van der Waals surface area contributed by atoms with Crippen LogP contribution in [-0.4, -0.2) is 18.7 Å². The highest BCUT2D eigenvalue weighted by molar-refractivity contribution is 7.80. The molecule has 3 aromatic rings. The normalized spacial score (nSPS) is 11.0. The Hall–Kier alpha value is -2.13. The fourth-order valence-corrected chi connectivity index (χ4v) is 2.37. The predicted molar refractivity (Wildman–Crippen MR) is 99.1 cm³/mol. The average molecular weight is 388 g/mol. The molecule has 0 aliphatic rings. The number of aromatic nitrogens is 2. The molecule has 3 N–H and O–H groups in total. The molecule has 128 valence electrons. The van der Waals surface area contributed by atoms with Crippen LogP contribution in [0.3, 0.4) is 0 Å². The number of hydrogen-bond donors (Lipinski definition) is 3. The van der Waals surface area contributed by atoms with Crippen LogP contribution in [0.25, 0.3) is 11.0 Å². The van der Waals surface area contributed by atoms with Gasteiger partial charge in [-0.25, -0.2) is 4.98 Å². The molecule has 1 aromatic carbocycles. The van der Waals surface area contributed by atoms with E-state index in [0.717, 1.165) is 16.8 Å². The Morgan fingerprint density at radius 3 is 2.33 bits per heavy atom. The number of hydrogen-bond acceptors (Lipinski definition) is 5. The molecule has 0 radical (unpaired) electrons. The van der Waals surface area contributed by atoms with E-state index in [2.05, 4.69) is 20.0 Å². The third-order valence-electron chi connectivity index (χ3n) is 3.00. The lowest BCUT2D eigenvalue weighted by atomic mass is 10.2. The maximum atomic E-state index is 11.3. The second-order valence-electron chi connectivity index (χ2n) is 4.48. The largest absolute Gasteiger partial charge is 0.755 e. The minimum Gasteiger partial charge on any atom is -0.755 e. The zero-order chi connectivity index (χ0) is 15.5. The predicted octanol–water partition coefficient (Wildman–Crippen LogP) is 2.72. The van der Waals surface area contributed by atoms with Gasteiger partial charge in [-0.1, -0.05) is 0 Å². The van der Waals surface area contributed by atoms with E-state index in [-0.39, 0.29) is 30.4 Å². The van der Waals surface area contributed by atoms with Crippen LogP contribution in [0.1, 0.15) is 0 Å². The summed E-state index contributed by atoms with van der Waals surface area (Å²) in [5, 5.41) is 3.99. The van der Waals surface area contributed by atoms with Gasteiger partial charge in [0.25, 0.3) is 0 Å². The lowest BCUT2D eigenvalue weighted by molar-refractivity contribution is 0.542. The third-order valence-corrected chi connectivity index (χ3v) is 3.40. The van der Waals surface area contributed by atoms with Gasteiger partial charge in [-0.3, -0.25) is 9.00 Å². The van der Waals surface area contributed by atoms with Crippen LogP contribution < -0.4 is 15.6 Å². The fraction of sp³-hybridized carbons (Fsp3) is 0. The summed E-state index contributed by atoms with van der Waals surface area (Å²) in [7, 11) is 0. The number of aromatic amines is 1. The van der Waals surface area contributed by atoms with Gasteiger partial charge >= 0.3 is 0 Å². The van der Waals surface area contributed by atoms with Crippen LogP contribution in [-0.2, 0) is 11.3 Å². The van der Waals surface area contributed by atoms with Crippen LogP contribution in [0.5, 0.6) is 0 Å². The summed E-state index contributed by atoms with van der Waals surface area (Å²) < 4.78 is 23.4. The zero-order valence-corrected chi connectivity index (χ0v) is 14.5. The topological polar surface area (TPSA) is 110 Å². The maximum Gasteiger partial charge on any atom is 0.249 e. The third kappa shape index (κ3) is 4.68. The molecule has 3 rings (SSSR count). The first kappa shape index (κ1) is 19.9. The first-order chi connectivity index (χ1) is 10.6. The molecular weight excluding hydrogens is 375 g/mol. The van der Waals surface area contributed by atoms with E-state index in [4.69, 9.17) is 0 Å². The Morgan fingerprint density at radius 2 is 1.67 bits per heavy atom. The van der Waals surface area contributed by atoms with Crippen molar-refractivity contribution in [1.29, 1.82) is 0 Å². The molecule has 1 atom stereocenters. The molecule has 0 bridgehead atoms. The molecule has 0 spiro atoms. The second-order valence-corrected chi connectivity index (χ2v) is 5.16. The SMILES string of the molecule is Cl.Cl.O=c1ccc2c(Nc3ccc(NS(=O)[O-])cc3)ccnc2[nH]1. The lowest BCUT2D eigenvalue weighted by Gasteiger charge is -2.11. The first-order valence-electron chi connectivity index (χ1n) is 6.33. The molecular formula is C14H13Cl2N4O3S-. The molecule has 0 amide bonds. The van der Waals surface area contributed by atoms with Crippen LogP contribution >= 0.6 is 24.8 Å². The minimum absolute atomic E-state index is 0. The van der Waals surface area contributed by atoms with Gasteiger partial charge in [0, 0.05) is 40.3 Å². The highest BCUT2D eigenvalue weighted by Crippen LogP contribution is 2.24. The van der Waals surface area contributed by atoms with Gasteiger partial charge in [0.05, 0.1) is 5.69 Å². The Kier molecular flexibility index (Phi) is 7.18. The minimum atomic E-state index is -2.34. The molecule has 7 nitrogen and oxygen atoms in total. The van der Waals surface area contributed by atoms with Crippen molar-refractivity contribution in [2.45, 2.75) is 0 Å². The summed E-state index contributed by atoms with van der Waals surface area (Å²) >= 11 is -2.34. The number of H-pyrrole nitrogens is 1. The summed E-state index contributed by atoms with van der Waals surface area (Å²) in [5.41, 5.74) is 2.33. The monoisotopic (exact) mass is 387 g/mol. The van der Waals surface area contributed by atoms with Crippen molar-refractivity contribution in [3.05, 3.63) is 59.0 Å². The molecule has 10 heteroatoms. The van der Waals surface area contributed by atoms with E-state index in [1.807, 2.05) is 0 Å². The summed E-state index contributed by atoms with van der Waals surface area (Å²) in [6.45, 7) is 0. The number of fused-ring (bicyclic) bond motifs is 1. The van der Waals surface area contributed by atoms with E-state index in [1.165, 1.54) is 6.07 Å². The van der Waals surface area contributed by atoms with Crippen molar-refractivity contribution >= 4 is 64.2 Å². The van der Waals surface area contributed by atoms with Gasteiger partial charge in [-0.05, 0) is 36.4 Å². The molecule has 0 aliphatic carbocycles. The van der Waals surface area contributed by atoms with E-state index in [1.54, 1.807) is 42.6 Å². The number of anilines is 3. The Bertz CT molecular complexity index is 902. The van der Waals surface area contributed by atoms with Crippen LogP contribution in [0.4, 0.5) is 17.1 Å². The molecule has 0 saturated heterocycles. The standard InChI is InChI=1S/C14H12N4O3S.2ClH/c19-13-6-5-11-12(7-8-15-14(11)17-13)16-9-1-3-10(4-2-9)18-22(20)21;;/h1-8,18H,(H,20,21)(H2,15,16,17,19);2*1H/p-1. The molecule has 1 unspecified atom stereocenters. The maximum absolute atomic E-state index is 11.3. The van der Waals surface area contributed by atoms with E-state index in [0.29, 0.717) is 11.3 Å². The van der Waals surface area contributed by atoms with Crippen molar-refractivity contribution in [2.75, 3.05) is 10.0 Å². The average Bonchev–Trinajstić information content (AvgIpc) is 2.48. The van der Waals surface area contributed by atoms with Gasteiger partial charge in [0.15, 0.2) is 0 Å².